The number of hydrogen-bond acceptors (Lipinski definition) is 3. The average Bonchev–Trinajstić information content (AvgIpc) is 2.87. The molecule has 0 unspecified atom stereocenters. The molecule has 3 aromatic carbocycles. The Hall–Kier alpha value is -3.10. The zero-order valence-corrected chi connectivity index (χ0v) is 20.8. The number of benzene rings is 3. The van der Waals surface area contributed by atoms with Gasteiger partial charge >= 0.3 is 0 Å². The van der Waals surface area contributed by atoms with E-state index >= 15 is 0 Å². The lowest BCUT2D eigenvalue weighted by molar-refractivity contribution is 0.0598. The molecule has 0 atom stereocenters. The van der Waals surface area contributed by atoms with Crippen LogP contribution < -0.4 is 0 Å². The smallest absolute Gasteiger partial charge is 0.254 e. The summed E-state index contributed by atoms with van der Waals surface area (Å²) < 4.78 is 27.6. The first kappa shape index (κ1) is 25.0. The van der Waals surface area contributed by atoms with Crippen LogP contribution in [0, 0.1) is 11.6 Å². The van der Waals surface area contributed by atoms with Crippen LogP contribution in [0.5, 0.6) is 0 Å². The van der Waals surface area contributed by atoms with Crippen LogP contribution in [0.25, 0.3) is 0 Å². The van der Waals surface area contributed by atoms with Crippen molar-refractivity contribution in [2.75, 3.05) is 39.3 Å². The van der Waals surface area contributed by atoms with Crippen LogP contribution >= 0.6 is 15.9 Å². The molecule has 182 valence electrons. The van der Waals surface area contributed by atoms with Gasteiger partial charge in [0.15, 0.2) is 0 Å². The number of amides is 2. The lowest BCUT2D eigenvalue weighted by Crippen LogP contribution is -2.50. The topological polar surface area (TPSA) is 43.9 Å². The highest BCUT2D eigenvalue weighted by Crippen LogP contribution is 2.16. The second kappa shape index (κ2) is 11.6. The fourth-order valence-electron chi connectivity index (χ4n) is 4.08. The Bertz CT molecular complexity index is 1160. The molecular weight excluding hydrogens is 516 g/mol. The summed E-state index contributed by atoms with van der Waals surface area (Å²) in [6, 6.07) is 18.9. The summed E-state index contributed by atoms with van der Waals surface area (Å²) in [4.78, 5) is 31.7. The van der Waals surface area contributed by atoms with Gasteiger partial charge in [0.1, 0.15) is 11.6 Å². The Morgan fingerprint density at radius 3 is 2.09 bits per heavy atom. The summed E-state index contributed by atoms with van der Waals surface area (Å²) in [6.07, 6.45) is 0. The van der Waals surface area contributed by atoms with E-state index in [1.165, 1.54) is 36.4 Å². The summed E-state index contributed by atoms with van der Waals surface area (Å²) in [5, 5.41) is 0. The molecule has 0 bridgehead atoms. The predicted octanol–water partition coefficient (Wildman–Crippen LogP) is 4.83. The van der Waals surface area contributed by atoms with Gasteiger partial charge in [-0.2, -0.15) is 0 Å². The standard InChI is InChI=1S/C27H26BrF2N3O2/c28-23-3-1-2-22(18-23)27(35)32-15-12-31(13-16-32)14-17-33(19-20-4-8-24(29)9-5-20)26(34)21-6-10-25(30)11-7-21/h1-11,18H,12-17,19H2. The maximum atomic E-state index is 13.3. The molecule has 0 aromatic heterocycles. The third-order valence-corrected chi connectivity index (χ3v) is 6.58. The summed E-state index contributed by atoms with van der Waals surface area (Å²) in [5.41, 5.74) is 1.87. The summed E-state index contributed by atoms with van der Waals surface area (Å²) >= 11 is 3.41. The van der Waals surface area contributed by atoms with Gasteiger partial charge in [0.2, 0.25) is 0 Å². The third-order valence-electron chi connectivity index (χ3n) is 6.08. The molecule has 1 aliphatic rings. The molecule has 5 nitrogen and oxygen atoms in total. The fraction of sp³-hybridized carbons (Fsp3) is 0.259. The van der Waals surface area contributed by atoms with E-state index in [1.807, 2.05) is 29.2 Å². The third kappa shape index (κ3) is 6.74. The summed E-state index contributed by atoms with van der Waals surface area (Å²) in [5.74, 6) is -0.935. The Labute approximate surface area is 212 Å². The average molecular weight is 542 g/mol. The van der Waals surface area contributed by atoms with Crippen LogP contribution in [0.3, 0.4) is 0 Å². The zero-order valence-electron chi connectivity index (χ0n) is 19.2. The van der Waals surface area contributed by atoms with Crippen molar-refractivity contribution in [2.24, 2.45) is 0 Å². The van der Waals surface area contributed by atoms with E-state index < -0.39 is 5.82 Å². The first-order valence-corrected chi connectivity index (χ1v) is 12.2. The highest BCUT2D eigenvalue weighted by molar-refractivity contribution is 9.10. The quantitative estimate of drug-likeness (QED) is 0.430. The minimum absolute atomic E-state index is 0.00961. The molecule has 35 heavy (non-hydrogen) atoms. The lowest BCUT2D eigenvalue weighted by atomic mass is 10.1. The minimum Gasteiger partial charge on any atom is -0.336 e. The van der Waals surface area contributed by atoms with Crippen molar-refractivity contribution in [2.45, 2.75) is 6.54 Å². The number of carbonyl (C=O) groups is 2. The normalized spacial score (nSPS) is 14.1. The second-order valence-corrected chi connectivity index (χ2v) is 9.42. The van der Waals surface area contributed by atoms with E-state index in [2.05, 4.69) is 20.8 Å². The van der Waals surface area contributed by atoms with Crippen molar-refractivity contribution in [3.8, 4) is 0 Å². The van der Waals surface area contributed by atoms with E-state index in [9.17, 15) is 18.4 Å². The fourth-order valence-corrected chi connectivity index (χ4v) is 4.48. The van der Waals surface area contributed by atoms with Gasteiger partial charge in [-0.1, -0.05) is 34.1 Å². The number of piperazine rings is 1. The van der Waals surface area contributed by atoms with Gasteiger partial charge in [-0.05, 0) is 60.2 Å². The number of hydrogen-bond donors (Lipinski definition) is 0. The first-order chi connectivity index (χ1) is 16.9. The van der Waals surface area contributed by atoms with Crippen LogP contribution in [0.1, 0.15) is 26.3 Å². The Morgan fingerprint density at radius 2 is 1.46 bits per heavy atom. The molecule has 1 aliphatic heterocycles. The van der Waals surface area contributed by atoms with Crippen molar-refractivity contribution in [3.63, 3.8) is 0 Å². The SMILES string of the molecule is O=C(c1cccc(Br)c1)N1CCN(CCN(Cc2ccc(F)cc2)C(=O)c2ccc(F)cc2)CC1. The minimum atomic E-state index is -0.401. The number of nitrogens with zero attached hydrogens (tertiary/aromatic N) is 3. The van der Waals surface area contributed by atoms with Crippen molar-refractivity contribution in [1.82, 2.24) is 14.7 Å². The highest BCUT2D eigenvalue weighted by Gasteiger charge is 2.24. The monoisotopic (exact) mass is 541 g/mol. The molecule has 0 aliphatic carbocycles. The van der Waals surface area contributed by atoms with Crippen molar-refractivity contribution in [3.05, 3.63) is 106 Å². The molecule has 2 amide bonds. The van der Waals surface area contributed by atoms with Crippen LogP contribution in [-0.2, 0) is 6.54 Å². The number of rotatable bonds is 7. The van der Waals surface area contributed by atoms with E-state index in [0.29, 0.717) is 56.9 Å². The van der Waals surface area contributed by atoms with Crippen LogP contribution in [0.15, 0.2) is 77.3 Å². The van der Waals surface area contributed by atoms with Crippen LogP contribution in [0.4, 0.5) is 8.78 Å². The van der Waals surface area contributed by atoms with Crippen molar-refractivity contribution >= 4 is 27.7 Å². The molecule has 1 fully saturated rings. The van der Waals surface area contributed by atoms with E-state index in [1.54, 1.807) is 17.0 Å². The molecule has 1 saturated heterocycles. The molecule has 3 aromatic rings. The van der Waals surface area contributed by atoms with E-state index in [-0.39, 0.29) is 17.6 Å². The van der Waals surface area contributed by atoms with Crippen LogP contribution in [-0.4, -0.2) is 65.8 Å². The molecule has 0 saturated carbocycles. The predicted molar refractivity (Wildman–Crippen MR) is 134 cm³/mol. The largest absolute Gasteiger partial charge is 0.336 e. The van der Waals surface area contributed by atoms with E-state index in [0.717, 1.165) is 10.0 Å². The molecule has 0 radical (unpaired) electrons. The molecule has 4 rings (SSSR count). The Balaban J connectivity index is 1.37. The zero-order chi connectivity index (χ0) is 24.8. The maximum absolute atomic E-state index is 13.3. The lowest BCUT2D eigenvalue weighted by Gasteiger charge is -2.36. The molecule has 0 spiro atoms. The van der Waals surface area contributed by atoms with Gasteiger partial charge in [-0.3, -0.25) is 14.5 Å². The summed E-state index contributed by atoms with van der Waals surface area (Å²) in [7, 11) is 0. The van der Waals surface area contributed by atoms with Gasteiger partial charge in [0.05, 0.1) is 0 Å². The van der Waals surface area contributed by atoms with Crippen LogP contribution in [0.2, 0.25) is 0 Å². The molecular formula is C27H26BrF2N3O2. The Kier molecular flexibility index (Phi) is 8.25. The second-order valence-electron chi connectivity index (χ2n) is 8.50. The molecule has 8 heteroatoms. The van der Waals surface area contributed by atoms with Gasteiger partial charge in [-0.15, -0.1) is 0 Å². The first-order valence-electron chi connectivity index (χ1n) is 11.5. The molecule has 1 heterocycles. The molecule has 0 N–H and O–H groups in total. The van der Waals surface area contributed by atoms with Gasteiger partial charge in [-0.25, -0.2) is 8.78 Å². The van der Waals surface area contributed by atoms with Crippen molar-refractivity contribution in [1.29, 1.82) is 0 Å². The highest BCUT2D eigenvalue weighted by atomic mass is 79.9. The van der Waals surface area contributed by atoms with Gasteiger partial charge in [0.25, 0.3) is 11.8 Å². The van der Waals surface area contributed by atoms with Gasteiger partial charge < -0.3 is 9.80 Å². The summed E-state index contributed by atoms with van der Waals surface area (Å²) in [6.45, 7) is 4.02. The number of halogens is 3. The van der Waals surface area contributed by atoms with Gasteiger partial charge in [0, 0.05) is 61.4 Å². The Morgan fingerprint density at radius 1 is 0.829 bits per heavy atom. The maximum Gasteiger partial charge on any atom is 0.254 e. The van der Waals surface area contributed by atoms with E-state index in [4.69, 9.17) is 0 Å². The number of carbonyl (C=O) groups excluding carboxylic acids is 2. The van der Waals surface area contributed by atoms with Crippen molar-refractivity contribution < 1.29 is 18.4 Å².